The van der Waals surface area contributed by atoms with E-state index in [0.29, 0.717) is 13.0 Å². The maximum Gasteiger partial charge on any atom is 0.305 e. The maximum atomic E-state index is 11.9. The monoisotopic (exact) mass is 392 g/mol. The van der Waals surface area contributed by atoms with Crippen molar-refractivity contribution in [1.82, 2.24) is 0 Å². The molecule has 154 valence electrons. The molecule has 0 radical (unpaired) electrons. The van der Waals surface area contributed by atoms with Gasteiger partial charge in [-0.15, -0.1) is 0 Å². The van der Waals surface area contributed by atoms with Crippen LogP contribution in [0.5, 0.6) is 0 Å². The lowest BCUT2D eigenvalue weighted by Crippen LogP contribution is -2.54. The van der Waals surface area contributed by atoms with Crippen molar-refractivity contribution in [1.29, 1.82) is 0 Å². The van der Waals surface area contributed by atoms with Crippen molar-refractivity contribution in [2.24, 2.45) is 5.92 Å². The van der Waals surface area contributed by atoms with Crippen LogP contribution in [0.4, 0.5) is 0 Å². The molecule has 0 bridgehead atoms. The van der Waals surface area contributed by atoms with Gasteiger partial charge in [0, 0.05) is 12.8 Å². The minimum absolute atomic E-state index is 0.167. The van der Waals surface area contributed by atoms with Gasteiger partial charge in [-0.1, -0.05) is 30.3 Å². The Kier molecular flexibility index (Phi) is 6.37. The second kappa shape index (κ2) is 8.59. The van der Waals surface area contributed by atoms with E-state index in [2.05, 4.69) is 0 Å². The van der Waals surface area contributed by atoms with Gasteiger partial charge in [0.05, 0.1) is 26.2 Å². The Labute approximate surface area is 165 Å². The minimum Gasteiger partial charge on any atom is -0.469 e. The van der Waals surface area contributed by atoms with Crippen molar-refractivity contribution in [3.05, 3.63) is 35.9 Å². The molecule has 1 aliphatic carbocycles. The molecule has 5 atom stereocenters. The molecule has 28 heavy (non-hydrogen) atoms. The highest BCUT2D eigenvalue weighted by atomic mass is 16.8. The third-order valence-electron chi connectivity index (χ3n) is 5.11. The fourth-order valence-corrected chi connectivity index (χ4v) is 4.01. The molecule has 2 fully saturated rings. The first-order valence-corrected chi connectivity index (χ1v) is 9.54. The van der Waals surface area contributed by atoms with Crippen LogP contribution in [0.3, 0.4) is 0 Å². The average Bonchev–Trinajstić information content (AvgIpc) is 2.97. The quantitative estimate of drug-likeness (QED) is 0.689. The lowest BCUT2D eigenvalue weighted by molar-refractivity contribution is -0.187. The number of hydrogen-bond acceptors (Lipinski definition) is 7. The summed E-state index contributed by atoms with van der Waals surface area (Å²) in [6, 6.07) is 9.76. The smallest absolute Gasteiger partial charge is 0.305 e. The molecule has 3 rings (SSSR count). The van der Waals surface area contributed by atoms with E-state index in [1.807, 2.05) is 44.2 Å². The third kappa shape index (κ3) is 4.90. The van der Waals surface area contributed by atoms with E-state index in [1.165, 1.54) is 14.0 Å². The minimum atomic E-state index is -0.816. The summed E-state index contributed by atoms with van der Waals surface area (Å²) in [5.41, 5.74) is 1.01. The van der Waals surface area contributed by atoms with Crippen molar-refractivity contribution in [2.75, 3.05) is 7.11 Å². The predicted molar refractivity (Wildman–Crippen MR) is 99.1 cm³/mol. The standard InChI is InChI=1S/C21H28O7/c1-13(22)26-16-10-15(11-17(23)24-4)18-20(28-21(2,3)27-18)19(16)25-12-14-8-6-5-7-9-14/h5-9,15-16,18-20H,10-12H2,1-4H3/t15-,16+,18-,19+,20?/m0/s1. The van der Waals surface area contributed by atoms with Crippen LogP contribution >= 0.6 is 0 Å². The molecular weight excluding hydrogens is 364 g/mol. The van der Waals surface area contributed by atoms with Crippen LogP contribution in [-0.2, 0) is 39.9 Å². The van der Waals surface area contributed by atoms with Crippen LogP contribution in [0.2, 0.25) is 0 Å². The molecule has 1 saturated heterocycles. The van der Waals surface area contributed by atoms with Gasteiger partial charge in [0.2, 0.25) is 0 Å². The van der Waals surface area contributed by atoms with E-state index in [-0.39, 0.29) is 24.4 Å². The average molecular weight is 392 g/mol. The van der Waals surface area contributed by atoms with Crippen LogP contribution in [-0.4, -0.2) is 49.3 Å². The Hall–Kier alpha value is -1.96. The second-order valence-electron chi connectivity index (χ2n) is 7.75. The first-order chi connectivity index (χ1) is 13.3. The summed E-state index contributed by atoms with van der Waals surface area (Å²) in [5.74, 6) is -1.74. The summed E-state index contributed by atoms with van der Waals surface area (Å²) in [6.45, 7) is 5.38. The normalized spacial score (nSPS) is 31.1. The number of carbonyl (C=O) groups is 2. The van der Waals surface area contributed by atoms with Crippen LogP contribution < -0.4 is 0 Å². The fraction of sp³-hybridized carbons (Fsp3) is 0.619. The number of rotatable bonds is 6. The molecule has 0 aromatic heterocycles. The first-order valence-electron chi connectivity index (χ1n) is 9.54. The van der Waals surface area contributed by atoms with E-state index in [9.17, 15) is 9.59 Å². The highest BCUT2D eigenvalue weighted by Crippen LogP contribution is 2.43. The predicted octanol–water partition coefficient (Wildman–Crippen LogP) is 2.61. The number of methoxy groups -OCH3 is 1. The van der Waals surface area contributed by atoms with Crippen molar-refractivity contribution >= 4 is 11.9 Å². The van der Waals surface area contributed by atoms with Gasteiger partial charge in [0.1, 0.15) is 18.3 Å². The molecule has 2 aliphatic rings. The van der Waals surface area contributed by atoms with Crippen LogP contribution in [0.25, 0.3) is 0 Å². The number of benzene rings is 1. The van der Waals surface area contributed by atoms with E-state index in [0.717, 1.165) is 5.56 Å². The Morgan fingerprint density at radius 1 is 1.14 bits per heavy atom. The Morgan fingerprint density at radius 3 is 2.46 bits per heavy atom. The summed E-state index contributed by atoms with van der Waals surface area (Å²) in [6.07, 6.45) is -1.22. The third-order valence-corrected chi connectivity index (χ3v) is 5.11. The van der Waals surface area contributed by atoms with Crippen LogP contribution in [0.15, 0.2) is 30.3 Å². The zero-order valence-electron chi connectivity index (χ0n) is 16.8. The highest BCUT2D eigenvalue weighted by Gasteiger charge is 2.56. The van der Waals surface area contributed by atoms with Gasteiger partial charge < -0.3 is 23.7 Å². The summed E-state index contributed by atoms with van der Waals surface area (Å²) in [7, 11) is 1.36. The molecule has 1 saturated carbocycles. The lowest BCUT2D eigenvalue weighted by atomic mass is 9.79. The molecule has 1 heterocycles. The Morgan fingerprint density at radius 2 is 1.82 bits per heavy atom. The van der Waals surface area contributed by atoms with Crippen molar-refractivity contribution < 1.29 is 33.3 Å². The zero-order valence-corrected chi connectivity index (χ0v) is 16.8. The maximum absolute atomic E-state index is 11.9. The molecule has 1 unspecified atom stereocenters. The highest BCUT2D eigenvalue weighted by molar-refractivity contribution is 5.69. The van der Waals surface area contributed by atoms with E-state index < -0.39 is 30.1 Å². The Bertz CT molecular complexity index is 687. The van der Waals surface area contributed by atoms with Crippen molar-refractivity contribution in [3.8, 4) is 0 Å². The second-order valence-corrected chi connectivity index (χ2v) is 7.75. The Balaban J connectivity index is 1.82. The van der Waals surface area contributed by atoms with Crippen molar-refractivity contribution in [3.63, 3.8) is 0 Å². The fourth-order valence-electron chi connectivity index (χ4n) is 4.01. The van der Waals surface area contributed by atoms with Gasteiger partial charge in [-0.3, -0.25) is 9.59 Å². The topological polar surface area (TPSA) is 80.3 Å². The summed E-state index contributed by atoms with van der Waals surface area (Å²) in [5, 5.41) is 0. The summed E-state index contributed by atoms with van der Waals surface area (Å²) < 4.78 is 28.8. The molecule has 1 aromatic rings. The molecule has 0 spiro atoms. The molecular formula is C21H28O7. The first kappa shape index (κ1) is 20.8. The number of hydrogen-bond donors (Lipinski definition) is 0. The van der Waals surface area contributed by atoms with Gasteiger partial charge in [-0.2, -0.15) is 0 Å². The van der Waals surface area contributed by atoms with E-state index in [1.54, 1.807) is 0 Å². The van der Waals surface area contributed by atoms with Gasteiger partial charge in [-0.25, -0.2) is 0 Å². The summed E-state index contributed by atoms with van der Waals surface area (Å²) in [4.78, 5) is 23.6. The molecule has 1 aliphatic heterocycles. The lowest BCUT2D eigenvalue weighted by Gasteiger charge is -2.41. The van der Waals surface area contributed by atoms with Gasteiger partial charge in [-0.05, 0) is 25.8 Å². The number of ether oxygens (including phenoxy) is 5. The molecule has 7 nitrogen and oxygen atoms in total. The SMILES string of the molecule is COC(=O)C[C@@H]1C[C@@H](OC(C)=O)[C@@H](OCc2ccccc2)C2OC(C)(C)O[C@H]21. The van der Waals surface area contributed by atoms with E-state index in [4.69, 9.17) is 23.7 Å². The molecule has 1 aromatic carbocycles. The van der Waals surface area contributed by atoms with Crippen molar-refractivity contribution in [2.45, 2.75) is 70.4 Å². The number of carbonyl (C=O) groups excluding carboxylic acids is 2. The number of esters is 2. The molecule has 7 heteroatoms. The van der Waals surface area contributed by atoms with Crippen LogP contribution in [0.1, 0.15) is 39.2 Å². The van der Waals surface area contributed by atoms with Crippen LogP contribution in [0, 0.1) is 5.92 Å². The van der Waals surface area contributed by atoms with Gasteiger partial charge in [0.15, 0.2) is 5.79 Å². The number of fused-ring (bicyclic) bond motifs is 1. The molecule has 0 amide bonds. The summed E-state index contributed by atoms with van der Waals surface area (Å²) >= 11 is 0. The molecule has 0 N–H and O–H groups in total. The van der Waals surface area contributed by atoms with Gasteiger partial charge in [0.25, 0.3) is 0 Å². The zero-order chi connectivity index (χ0) is 20.3. The van der Waals surface area contributed by atoms with E-state index >= 15 is 0 Å². The van der Waals surface area contributed by atoms with Gasteiger partial charge >= 0.3 is 11.9 Å². The largest absolute Gasteiger partial charge is 0.469 e.